The lowest BCUT2D eigenvalue weighted by Crippen LogP contribution is -2.28. The van der Waals surface area contributed by atoms with Crippen molar-refractivity contribution in [1.29, 1.82) is 0 Å². The van der Waals surface area contributed by atoms with Gasteiger partial charge in [-0.1, -0.05) is 6.07 Å². The van der Waals surface area contributed by atoms with E-state index >= 15 is 0 Å². The molecule has 2 N–H and O–H groups in total. The van der Waals surface area contributed by atoms with Gasteiger partial charge in [0.1, 0.15) is 11.5 Å². The molecule has 0 aromatic carbocycles. The maximum Gasteiger partial charge on any atom is 0.275 e. The predicted octanol–water partition coefficient (Wildman–Crippen LogP) is 1.70. The number of fused-ring (bicyclic) bond motifs is 1. The Balaban J connectivity index is 1.87. The molecule has 0 radical (unpaired) electrons. The molecule has 3 rings (SSSR count). The number of carbonyl (C=O) groups is 1. The van der Waals surface area contributed by atoms with Gasteiger partial charge in [-0.3, -0.25) is 14.3 Å². The quantitative estimate of drug-likeness (QED) is 0.771. The van der Waals surface area contributed by atoms with Crippen LogP contribution in [0.5, 0.6) is 0 Å². The number of aromatic amines is 1. The number of hydrogen-bond donors (Lipinski definition) is 2. The summed E-state index contributed by atoms with van der Waals surface area (Å²) >= 11 is 0. The Labute approximate surface area is 125 Å². The lowest BCUT2D eigenvalue weighted by atomic mass is 10.3. The molecule has 0 saturated carbocycles. The second kappa shape index (κ2) is 5.21. The number of imidazole rings is 1. The van der Waals surface area contributed by atoms with Crippen LogP contribution in [0.1, 0.15) is 40.7 Å². The zero-order valence-electron chi connectivity index (χ0n) is 12.4. The van der Waals surface area contributed by atoms with Gasteiger partial charge in [0.25, 0.3) is 5.91 Å². The molecule has 0 bridgehead atoms. The van der Waals surface area contributed by atoms with Crippen LogP contribution in [0.25, 0.3) is 5.65 Å². The second-order valence-corrected chi connectivity index (χ2v) is 5.16. The van der Waals surface area contributed by atoms with Gasteiger partial charge in [0.05, 0.1) is 6.04 Å². The molecular formula is C14H15FN6O. The van der Waals surface area contributed by atoms with E-state index in [2.05, 4.69) is 25.5 Å². The molecule has 0 saturated heterocycles. The SMILES string of the molecule is Cc1ccc2nc(C(=O)N[C@@H](C)c3n[nH]c(C)n3)c(F)n2c1. The molecule has 3 heterocycles. The van der Waals surface area contributed by atoms with E-state index in [1.165, 1.54) is 4.40 Å². The van der Waals surface area contributed by atoms with Crippen LogP contribution in [0.3, 0.4) is 0 Å². The van der Waals surface area contributed by atoms with Crippen LogP contribution >= 0.6 is 0 Å². The number of aryl methyl sites for hydroxylation is 2. The van der Waals surface area contributed by atoms with Gasteiger partial charge in [-0.15, -0.1) is 0 Å². The third-order valence-electron chi connectivity index (χ3n) is 3.27. The third kappa shape index (κ3) is 2.43. The average Bonchev–Trinajstić information content (AvgIpc) is 3.04. The summed E-state index contributed by atoms with van der Waals surface area (Å²) in [6, 6.07) is 3.02. The van der Waals surface area contributed by atoms with E-state index < -0.39 is 17.9 Å². The van der Waals surface area contributed by atoms with Gasteiger partial charge in [0, 0.05) is 6.20 Å². The molecule has 8 heteroatoms. The van der Waals surface area contributed by atoms with Crippen LogP contribution in [0.4, 0.5) is 4.39 Å². The van der Waals surface area contributed by atoms with Crippen molar-refractivity contribution in [3.63, 3.8) is 0 Å². The molecule has 0 fully saturated rings. The summed E-state index contributed by atoms with van der Waals surface area (Å²) in [6.07, 6.45) is 1.59. The molecule has 3 aromatic rings. The monoisotopic (exact) mass is 302 g/mol. The Morgan fingerprint density at radius 3 is 2.82 bits per heavy atom. The lowest BCUT2D eigenvalue weighted by molar-refractivity contribution is 0.0929. The highest BCUT2D eigenvalue weighted by Gasteiger charge is 2.22. The smallest absolute Gasteiger partial charge is 0.275 e. The molecule has 3 aromatic heterocycles. The summed E-state index contributed by atoms with van der Waals surface area (Å²) in [7, 11) is 0. The zero-order valence-corrected chi connectivity index (χ0v) is 12.4. The van der Waals surface area contributed by atoms with Crippen molar-refractivity contribution in [2.45, 2.75) is 26.8 Å². The van der Waals surface area contributed by atoms with Gasteiger partial charge in [-0.2, -0.15) is 9.49 Å². The normalized spacial score (nSPS) is 12.5. The molecule has 1 atom stereocenters. The lowest BCUT2D eigenvalue weighted by Gasteiger charge is -2.08. The molecule has 22 heavy (non-hydrogen) atoms. The highest BCUT2D eigenvalue weighted by Crippen LogP contribution is 2.14. The second-order valence-electron chi connectivity index (χ2n) is 5.16. The number of nitrogens with zero attached hydrogens (tertiary/aromatic N) is 4. The molecule has 1 amide bonds. The Hall–Kier alpha value is -2.77. The molecular weight excluding hydrogens is 287 g/mol. The van der Waals surface area contributed by atoms with Crippen molar-refractivity contribution < 1.29 is 9.18 Å². The number of H-pyrrole nitrogens is 1. The van der Waals surface area contributed by atoms with Crippen molar-refractivity contribution in [2.24, 2.45) is 0 Å². The number of rotatable bonds is 3. The number of halogens is 1. The first-order chi connectivity index (χ1) is 10.5. The predicted molar refractivity (Wildman–Crippen MR) is 76.9 cm³/mol. The standard InChI is InChI=1S/C14H15FN6O/c1-7-4-5-10-18-11(12(15)21(10)6-7)14(22)16-8(2)13-17-9(3)19-20-13/h4-6,8H,1-3H3,(H,16,22)(H,17,19,20)/t8-/m0/s1. The number of nitrogens with one attached hydrogen (secondary N) is 2. The first-order valence-corrected chi connectivity index (χ1v) is 6.79. The summed E-state index contributed by atoms with van der Waals surface area (Å²) in [5.74, 6) is -0.209. The molecule has 0 aliphatic rings. The van der Waals surface area contributed by atoms with Gasteiger partial charge in [-0.05, 0) is 32.4 Å². The summed E-state index contributed by atoms with van der Waals surface area (Å²) in [5.41, 5.74) is 1.01. The van der Waals surface area contributed by atoms with Crippen molar-refractivity contribution in [1.82, 2.24) is 29.9 Å². The maximum absolute atomic E-state index is 14.3. The highest BCUT2D eigenvalue weighted by molar-refractivity contribution is 5.93. The summed E-state index contributed by atoms with van der Waals surface area (Å²) in [5, 5.41) is 9.31. The fourth-order valence-corrected chi connectivity index (χ4v) is 2.15. The van der Waals surface area contributed by atoms with Crippen LogP contribution in [0, 0.1) is 19.8 Å². The van der Waals surface area contributed by atoms with E-state index in [9.17, 15) is 9.18 Å². The highest BCUT2D eigenvalue weighted by atomic mass is 19.1. The van der Waals surface area contributed by atoms with E-state index in [1.54, 1.807) is 26.1 Å². The fraction of sp³-hybridized carbons (Fsp3) is 0.286. The Morgan fingerprint density at radius 2 is 2.14 bits per heavy atom. The zero-order chi connectivity index (χ0) is 15.9. The van der Waals surface area contributed by atoms with E-state index in [0.717, 1.165) is 5.56 Å². The van der Waals surface area contributed by atoms with Crippen LogP contribution in [-0.4, -0.2) is 30.5 Å². The first-order valence-electron chi connectivity index (χ1n) is 6.79. The number of amides is 1. The van der Waals surface area contributed by atoms with Gasteiger partial charge in [0.2, 0.25) is 5.95 Å². The van der Waals surface area contributed by atoms with Gasteiger partial charge in [0.15, 0.2) is 11.5 Å². The molecule has 0 aliphatic heterocycles. The van der Waals surface area contributed by atoms with Gasteiger partial charge in [-0.25, -0.2) is 9.97 Å². The summed E-state index contributed by atoms with van der Waals surface area (Å²) in [4.78, 5) is 20.4. The van der Waals surface area contributed by atoms with Crippen molar-refractivity contribution in [3.8, 4) is 0 Å². The molecule has 7 nitrogen and oxygen atoms in total. The Morgan fingerprint density at radius 1 is 1.36 bits per heavy atom. The fourth-order valence-electron chi connectivity index (χ4n) is 2.15. The average molecular weight is 302 g/mol. The minimum absolute atomic E-state index is 0.246. The maximum atomic E-state index is 14.3. The summed E-state index contributed by atoms with van der Waals surface area (Å²) < 4.78 is 15.6. The van der Waals surface area contributed by atoms with Crippen molar-refractivity contribution in [2.75, 3.05) is 0 Å². The van der Waals surface area contributed by atoms with E-state index in [-0.39, 0.29) is 5.69 Å². The third-order valence-corrected chi connectivity index (χ3v) is 3.27. The van der Waals surface area contributed by atoms with Gasteiger partial charge >= 0.3 is 0 Å². The number of hydrogen-bond acceptors (Lipinski definition) is 4. The van der Waals surface area contributed by atoms with E-state index in [0.29, 0.717) is 17.3 Å². The minimum atomic E-state index is -0.686. The molecule has 0 aliphatic carbocycles. The topological polar surface area (TPSA) is 88.0 Å². The number of pyridine rings is 1. The van der Waals surface area contributed by atoms with Crippen molar-refractivity contribution in [3.05, 3.63) is 47.2 Å². The van der Waals surface area contributed by atoms with Crippen LogP contribution in [-0.2, 0) is 0 Å². The Bertz CT molecular complexity index is 852. The van der Waals surface area contributed by atoms with Crippen LogP contribution in [0.2, 0.25) is 0 Å². The largest absolute Gasteiger partial charge is 0.341 e. The summed E-state index contributed by atoms with van der Waals surface area (Å²) in [6.45, 7) is 5.32. The molecule has 114 valence electrons. The first kappa shape index (κ1) is 14.2. The van der Waals surface area contributed by atoms with Crippen molar-refractivity contribution >= 4 is 11.6 Å². The minimum Gasteiger partial charge on any atom is -0.341 e. The molecule has 0 unspecified atom stereocenters. The van der Waals surface area contributed by atoms with E-state index in [1.807, 2.05) is 13.0 Å². The van der Waals surface area contributed by atoms with Gasteiger partial charge < -0.3 is 5.32 Å². The van der Waals surface area contributed by atoms with Crippen LogP contribution < -0.4 is 5.32 Å². The Kier molecular flexibility index (Phi) is 3.36. The number of aromatic nitrogens is 5. The van der Waals surface area contributed by atoms with Crippen LogP contribution in [0.15, 0.2) is 18.3 Å². The number of carbonyl (C=O) groups excluding carboxylic acids is 1. The molecule has 0 spiro atoms. The van der Waals surface area contributed by atoms with E-state index in [4.69, 9.17) is 0 Å².